The largest absolute Gasteiger partial charge is 0.309 e. The molecule has 0 aliphatic heterocycles. The molecule has 0 saturated heterocycles. The Labute approximate surface area is 243 Å². The Morgan fingerprint density at radius 2 is 1.02 bits per heavy atom. The van der Waals surface area contributed by atoms with Gasteiger partial charge in [-0.25, -0.2) is 0 Å². The molecule has 200 valence electrons. The van der Waals surface area contributed by atoms with Crippen molar-refractivity contribution in [2.75, 3.05) is 0 Å². The van der Waals surface area contributed by atoms with Crippen LogP contribution in [-0.2, 0) is 0 Å². The number of aliphatic imine (C=N–C) groups is 1. The van der Waals surface area contributed by atoms with E-state index in [1.54, 1.807) is 0 Å². The van der Waals surface area contributed by atoms with Crippen LogP contribution in [0.3, 0.4) is 0 Å². The van der Waals surface area contributed by atoms with Crippen molar-refractivity contribution in [1.29, 1.82) is 0 Å². The number of para-hydroxylation sites is 3. The zero-order chi connectivity index (χ0) is 28.0. The SMILES string of the molecule is NC(/N=C/c1ccccc1)c1cccc(-n2c3ccccc3c3cc4c5ccccc5n(-c5ccccc5)c4cc32)c1. The van der Waals surface area contributed by atoms with Crippen LogP contribution in [0.2, 0.25) is 0 Å². The fourth-order valence-electron chi connectivity index (χ4n) is 6.20. The highest BCUT2D eigenvalue weighted by atomic mass is 15.0. The van der Waals surface area contributed by atoms with Crippen LogP contribution < -0.4 is 5.73 Å². The highest BCUT2D eigenvalue weighted by Gasteiger charge is 2.18. The second-order valence-electron chi connectivity index (χ2n) is 10.7. The molecule has 0 amide bonds. The number of nitrogens with two attached hydrogens (primary N) is 1. The molecular formula is C38H28N4. The molecule has 2 heterocycles. The lowest BCUT2D eigenvalue weighted by Crippen LogP contribution is -2.08. The number of rotatable bonds is 5. The lowest BCUT2D eigenvalue weighted by molar-refractivity contribution is 0.779. The van der Waals surface area contributed by atoms with E-state index in [0.717, 1.165) is 33.5 Å². The number of fused-ring (bicyclic) bond motifs is 6. The summed E-state index contributed by atoms with van der Waals surface area (Å²) in [5, 5.41) is 4.95. The van der Waals surface area contributed by atoms with Gasteiger partial charge in [-0.2, -0.15) is 0 Å². The second-order valence-corrected chi connectivity index (χ2v) is 10.7. The van der Waals surface area contributed by atoms with Crippen molar-refractivity contribution >= 4 is 49.8 Å². The number of aromatic nitrogens is 2. The summed E-state index contributed by atoms with van der Waals surface area (Å²) in [6, 6.07) is 51.1. The maximum Gasteiger partial charge on any atom is 0.123 e. The molecule has 6 aromatic carbocycles. The van der Waals surface area contributed by atoms with E-state index >= 15 is 0 Å². The van der Waals surface area contributed by atoms with Gasteiger partial charge in [0.1, 0.15) is 6.17 Å². The minimum atomic E-state index is -0.467. The zero-order valence-electron chi connectivity index (χ0n) is 22.9. The molecule has 0 aliphatic carbocycles. The molecule has 8 aromatic rings. The van der Waals surface area contributed by atoms with Crippen LogP contribution in [0.1, 0.15) is 17.3 Å². The summed E-state index contributed by atoms with van der Waals surface area (Å²) in [6.07, 6.45) is 1.38. The van der Waals surface area contributed by atoms with Gasteiger partial charge in [-0.3, -0.25) is 4.99 Å². The molecule has 0 fully saturated rings. The van der Waals surface area contributed by atoms with E-state index in [0.29, 0.717) is 0 Å². The third-order valence-electron chi connectivity index (χ3n) is 8.13. The molecule has 0 bridgehead atoms. The molecule has 0 saturated carbocycles. The quantitative estimate of drug-likeness (QED) is 0.218. The number of nitrogens with zero attached hydrogens (tertiary/aromatic N) is 3. The normalized spacial score (nSPS) is 12.7. The van der Waals surface area contributed by atoms with E-state index in [1.165, 1.54) is 32.6 Å². The van der Waals surface area contributed by atoms with Crippen LogP contribution in [0, 0.1) is 0 Å². The van der Waals surface area contributed by atoms with Crippen molar-refractivity contribution in [1.82, 2.24) is 9.13 Å². The Morgan fingerprint density at radius 1 is 0.476 bits per heavy atom. The maximum atomic E-state index is 6.58. The van der Waals surface area contributed by atoms with Crippen molar-refractivity contribution in [3.63, 3.8) is 0 Å². The predicted molar refractivity (Wildman–Crippen MR) is 176 cm³/mol. The van der Waals surface area contributed by atoms with Crippen molar-refractivity contribution in [3.05, 3.63) is 157 Å². The van der Waals surface area contributed by atoms with Crippen molar-refractivity contribution in [3.8, 4) is 11.4 Å². The van der Waals surface area contributed by atoms with E-state index in [4.69, 9.17) is 5.73 Å². The monoisotopic (exact) mass is 540 g/mol. The summed E-state index contributed by atoms with van der Waals surface area (Å²) in [5.74, 6) is 0. The summed E-state index contributed by atoms with van der Waals surface area (Å²) < 4.78 is 4.73. The fraction of sp³-hybridized carbons (Fsp3) is 0.0263. The van der Waals surface area contributed by atoms with E-state index in [1.807, 2.05) is 36.5 Å². The summed E-state index contributed by atoms with van der Waals surface area (Å²) in [7, 11) is 0. The van der Waals surface area contributed by atoms with Gasteiger partial charge < -0.3 is 14.9 Å². The van der Waals surface area contributed by atoms with Gasteiger partial charge in [-0.1, -0.05) is 97.1 Å². The van der Waals surface area contributed by atoms with Gasteiger partial charge in [0.2, 0.25) is 0 Å². The van der Waals surface area contributed by atoms with Crippen LogP contribution in [0.15, 0.2) is 151 Å². The van der Waals surface area contributed by atoms with Crippen LogP contribution in [0.5, 0.6) is 0 Å². The van der Waals surface area contributed by atoms with E-state index in [-0.39, 0.29) is 0 Å². The van der Waals surface area contributed by atoms with Crippen molar-refractivity contribution in [2.45, 2.75) is 6.17 Å². The first-order valence-electron chi connectivity index (χ1n) is 14.2. The number of benzene rings is 6. The summed E-state index contributed by atoms with van der Waals surface area (Å²) in [4.78, 5) is 4.66. The molecule has 8 rings (SSSR count). The molecule has 1 atom stereocenters. The fourth-order valence-corrected chi connectivity index (χ4v) is 6.20. The molecule has 4 heteroatoms. The Hall–Kier alpha value is -5.45. The van der Waals surface area contributed by atoms with Gasteiger partial charge in [0.15, 0.2) is 0 Å². The Kier molecular flexibility index (Phi) is 5.73. The molecule has 1 unspecified atom stereocenters. The molecule has 0 spiro atoms. The van der Waals surface area contributed by atoms with Crippen LogP contribution >= 0.6 is 0 Å². The number of hydrogen-bond donors (Lipinski definition) is 1. The minimum Gasteiger partial charge on any atom is -0.309 e. The first kappa shape index (κ1) is 24.4. The first-order chi connectivity index (χ1) is 20.8. The van der Waals surface area contributed by atoms with Gasteiger partial charge in [0.05, 0.1) is 22.1 Å². The minimum absolute atomic E-state index is 0.467. The van der Waals surface area contributed by atoms with Gasteiger partial charge in [-0.15, -0.1) is 0 Å². The van der Waals surface area contributed by atoms with Gasteiger partial charge in [0.25, 0.3) is 0 Å². The van der Waals surface area contributed by atoms with E-state index in [2.05, 4.69) is 129 Å². The van der Waals surface area contributed by atoms with Crippen molar-refractivity contribution < 1.29 is 0 Å². The third kappa shape index (κ3) is 3.92. The summed E-state index contributed by atoms with van der Waals surface area (Å²) >= 11 is 0. The zero-order valence-corrected chi connectivity index (χ0v) is 22.9. The van der Waals surface area contributed by atoms with Crippen LogP contribution in [-0.4, -0.2) is 15.3 Å². The molecule has 42 heavy (non-hydrogen) atoms. The molecular weight excluding hydrogens is 512 g/mol. The summed E-state index contributed by atoms with van der Waals surface area (Å²) in [5.41, 5.74) is 15.5. The highest BCUT2D eigenvalue weighted by Crippen LogP contribution is 2.39. The Balaban J connectivity index is 1.36. The average Bonchev–Trinajstić information content (AvgIpc) is 3.55. The van der Waals surface area contributed by atoms with E-state index in [9.17, 15) is 0 Å². The molecule has 0 aliphatic rings. The molecule has 0 radical (unpaired) electrons. The molecule has 2 aromatic heterocycles. The first-order valence-corrected chi connectivity index (χ1v) is 14.2. The highest BCUT2D eigenvalue weighted by molar-refractivity contribution is 6.19. The maximum absolute atomic E-state index is 6.58. The van der Waals surface area contributed by atoms with Gasteiger partial charge in [-0.05, 0) is 59.7 Å². The smallest absolute Gasteiger partial charge is 0.123 e. The Morgan fingerprint density at radius 3 is 1.69 bits per heavy atom. The summed E-state index contributed by atoms with van der Waals surface area (Å²) in [6.45, 7) is 0. The number of hydrogen-bond acceptors (Lipinski definition) is 2. The predicted octanol–water partition coefficient (Wildman–Crippen LogP) is 8.96. The topological polar surface area (TPSA) is 48.2 Å². The third-order valence-corrected chi connectivity index (χ3v) is 8.13. The lowest BCUT2D eigenvalue weighted by Gasteiger charge is -2.13. The standard InChI is InChI=1S/C38H28N4/c39-38(40-25-26-12-3-1-4-13-26)27-14-11-17-29(22-27)42-35-21-10-8-19-31(35)33-23-32-30-18-7-9-20-34(30)41(36(32)24-37(33)42)28-15-5-2-6-16-28/h1-25,38H,39H2/b40-25+. The molecule has 2 N–H and O–H groups in total. The van der Waals surface area contributed by atoms with E-state index < -0.39 is 6.17 Å². The molecule has 4 nitrogen and oxygen atoms in total. The van der Waals surface area contributed by atoms with Crippen LogP contribution in [0.25, 0.3) is 55.0 Å². The Bertz CT molecular complexity index is 2260. The average molecular weight is 541 g/mol. The second kappa shape index (κ2) is 9.88. The van der Waals surface area contributed by atoms with Crippen LogP contribution in [0.4, 0.5) is 0 Å². The lowest BCUT2D eigenvalue weighted by atomic mass is 10.1. The van der Waals surface area contributed by atoms with Gasteiger partial charge >= 0.3 is 0 Å². The van der Waals surface area contributed by atoms with Gasteiger partial charge in [0, 0.05) is 39.1 Å². The van der Waals surface area contributed by atoms with Crippen molar-refractivity contribution in [2.24, 2.45) is 10.7 Å².